The zero-order valence-electron chi connectivity index (χ0n) is 11.6. The maximum absolute atomic E-state index is 13.3. The third-order valence-electron chi connectivity index (χ3n) is 2.70. The van der Waals surface area contributed by atoms with Crippen molar-refractivity contribution in [1.82, 2.24) is 0 Å². The number of ether oxygens (including phenoxy) is 2. The molecule has 6 heteroatoms. The van der Waals surface area contributed by atoms with Crippen molar-refractivity contribution < 1.29 is 23.5 Å². The summed E-state index contributed by atoms with van der Waals surface area (Å²) in [6.07, 6.45) is 0. The largest absolute Gasteiger partial charge is 0.426 e. The third kappa shape index (κ3) is 4.05. The first-order valence-electron chi connectivity index (χ1n) is 6.34. The van der Waals surface area contributed by atoms with Crippen molar-refractivity contribution in [1.29, 1.82) is 0 Å². The van der Waals surface area contributed by atoms with Gasteiger partial charge in [-0.25, -0.2) is 9.18 Å². The number of halogens is 2. The van der Waals surface area contributed by atoms with E-state index in [0.717, 1.165) is 17.7 Å². The fraction of sp³-hybridized carbons (Fsp3) is 0.125. The lowest BCUT2D eigenvalue weighted by molar-refractivity contribution is -0.131. The van der Waals surface area contributed by atoms with Crippen molar-refractivity contribution >= 4 is 23.5 Å². The number of esters is 2. The first-order chi connectivity index (χ1) is 10.5. The molecule has 0 saturated carbocycles. The second-order valence-corrected chi connectivity index (χ2v) is 4.67. The fourth-order valence-electron chi connectivity index (χ4n) is 1.71. The van der Waals surface area contributed by atoms with Crippen molar-refractivity contribution in [3.63, 3.8) is 0 Å². The van der Waals surface area contributed by atoms with Gasteiger partial charge in [0.05, 0.1) is 0 Å². The summed E-state index contributed by atoms with van der Waals surface area (Å²) in [5.74, 6) is -1.52. The molecule has 0 amide bonds. The molecule has 0 aliphatic carbocycles. The van der Waals surface area contributed by atoms with E-state index in [-0.39, 0.29) is 17.1 Å². The highest BCUT2D eigenvalue weighted by Gasteiger charge is 2.17. The Hall–Kier alpha value is -2.40. The van der Waals surface area contributed by atoms with Gasteiger partial charge in [0.2, 0.25) is 0 Å². The molecule has 2 aromatic rings. The van der Waals surface area contributed by atoms with Gasteiger partial charge in [-0.1, -0.05) is 12.1 Å². The number of hydrogen-bond donors (Lipinski definition) is 0. The second kappa shape index (κ2) is 7.04. The van der Waals surface area contributed by atoms with Crippen LogP contribution in [0, 0.1) is 5.82 Å². The van der Waals surface area contributed by atoms with Crippen molar-refractivity contribution in [3.05, 3.63) is 59.4 Å². The van der Waals surface area contributed by atoms with Crippen LogP contribution < -0.4 is 9.47 Å². The third-order valence-corrected chi connectivity index (χ3v) is 3.01. The number of benzene rings is 2. The smallest absolute Gasteiger partial charge is 0.347 e. The van der Waals surface area contributed by atoms with Crippen LogP contribution in [-0.2, 0) is 10.7 Å². The number of hydrogen-bond acceptors (Lipinski definition) is 4. The zero-order chi connectivity index (χ0) is 16.1. The summed E-state index contributed by atoms with van der Waals surface area (Å²) < 4.78 is 23.3. The van der Waals surface area contributed by atoms with Crippen LogP contribution in [0.5, 0.6) is 11.5 Å². The van der Waals surface area contributed by atoms with E-state index in [1.54, 1.807) is 24.3 Å². The summed E-state index contributed by atoms with van der Waals surface area (Å²) >= 11 is 5.67. The highest BCUT2D eigenvalue weighted by atomic mass is 35.5. The van der Waals surface area contributed by atoms with Gasteiger partial charge < -0.3 is 9.47 Å². The average Bonchev–Trinajstić information content (AvgIpc) is 2.49. The van der Waals surface area contributed by atoms with E-state index >= 15 is 0 Å². The summed E-state index contributed by atoms with van der Waals surface area (Å²) in [6, 6.07) is 9.78. The molecule has 0 aromatic heterocycles. The molecule has 22 heavy (non-hydrogen) atoms. The normalized spacial score (nSPS) is 10.1. The maximum atomic E-state index is 13.3. The van der Waals surface area contributed by atoms with Gasteiger partial charge >= 0.3 is 11.9 Å². The molecule has 0 aliphatic rings. The minimum atomic E-state index is -0.825. The first kappa shape index (κ1) is 16.0. The van der Waals surface area contributed by atoms with Crippen molar-refractivity contribution in [2.75, 3.05) is 0 Å². The van der Waals surface area contributed by atoms with Gasteiger partial charge in [-0.15, -0.1) is 11.6 Å². The van der Waals surface area contributed by atoms with Gasteiger partial charge in [0.15, 0.2) is 0 Å². The highest BCUT2D eigenvalue weighted by molar-refractivity contribution is 6.17. The van der Waals surface area contributed by atoms with Gasteiger partial charge in [0.25, 0.3) is 0 Å². The Balaban J connectivity index is 2.24. The maximum Gasteiger partial charge on any atom is 0.347 e. The number of carbonyl (C=O) groups is 2. The first-order valence-corrected chi connectivity index (χ1v) is 6.88. The van der Waals surface area contributed by atoms with Crippen LogP contribution in [0.4, 0.5) is 4.39 Å². The molecule has 4 nitrogen and oxygen atoms in total. The molecule has 0 atom stereocenters. The quantitative estimate of drug-likeness (QED) is 0.489. The van der Waals surface area contributed by atoms with E-state index in [1.807, 2.05) is 0 Å². The van der Waals surface area contributed by atoms with Crippen LogP contribution in [0.15, 0.2) is 42.5 Å². The minimum Gasteiger partial charge on any atom is -0.426 e. The van der Waals surface area contributed by atoms with Crippen molar-refractivity contribution in [2.24, 2.45) is 0 Å². The topological polar surface area (TPSA) is 52.6 Å². The lowest BCUT2D eigenvalue weighted by atomic mass is 10.2. The highest BCUT2D eigenvalue weighted by Crippen LogP contribution is 2.23. The van der Waals surface area contributed by atoms with Crippen LogP contribution in [0.2, 0.25) is 0 Å². The van der Waals surface area contributed by atoms with E-state index < -0.39 is 17.8 Å². The minimum absolute atomic E-state index is 0.0590. The molecule has 0 fully saturated rings. The van der Waals surface area contributed by atoms with Crippen LogP contribution in [0.1, 0.15) is 22.8 Å². The van der Waals surface area contributed by atoms with Gasteiger partial charge in [0.1, 0.15) is 22.9 Å². The van der Waals surface area contributed by atoms with E-state index in [4.69, 9.17) is 21.1 Å². The Kier molecular flexibility index (Phi) is 5.12. The SMILES string of the molecule is CC(=O)Oc1ccc(F)cc1C(=O)Oc1ccc(CCl)cc1. The van der Waals surface area contributed by atoms with Gasteiger partial charge in [-0.05, 0) is 35.9 Å². The van der Waals surface area contributed by atoms with Crippen molar-refractivity contribution in [3.8, 4) is 11.5 Å². The molecular formula is C16H12ClFO4. The molecule has 0 radical (unpaired) electrons. The number of carbonyl (C=O) groups excluding carboxylic acids is 2. The molecule has 114 valence electrons. The van der Waals surface area contributed by atoms with E-state index in [2.05, 4.69) is 0 Å². The standard InChI is InChI=1S/C16H12ClFO4/c1-10(19)21-15-7-4-12(18)8-14(15)16(20)22-13-5-2-11(9-17)3-6-13/h2-8H,9H2,1H3. The summed E-state index contributed by atoms with van der Waals surface area (Å²) in [5, 5.41) is 0. The number of alkyl halides is 1. The van der Waals surface area contributed by atoms with Crippen LogP contribution in [0.3, 0.4) is 0 Å². The lowest BCUT2D eigenvalue weighted by Crippen LogP contribution is -2.13. The number of rotatable bonds is 4. The molecule has 0 aliphatic heterocycles. The molecule has 0 spiro atoms. The molecule has 0 N–H and O–H groups in total. The van der Waals surface area contributed by atoms with Gasteiger partial charge in [-0.3, -0.25) is 4.79 Å². The summed E-state index contributed by atoms with van der Waals surface area (Å²) in [5.41, 5.74) is 0.699. The Morgan fingerprint density at radius 2 is 1.77 bits per heavy atom. The Morgan fingerprint density at radius 1 is 1.09 bits per heavy atom. The fourth-order valence-corrected chi connectivity index (χ4v) is 1.89. The monoisotopic (exact) mass is 322 g/mol. The molecular weight excluding hydrogens is 311 g/mol. The summed E-state index contributed by atoms with van der Waals surface area (Å²) in [6.45, 7) is 1.18. The van der Waals surface area contributed by atoms with Gasteiger partial charge in [-0.2, -0.15) is 0 Å². The van der Waals surface area contributed by atoms with Crippen LogP contribution >= 0.6 is 11.6 Å². The molecule has 2 rings (SSSR count). The molecule has 2 aromatic carbocycles. The van der Waals surface area contributed by atoms with E-state index in [9.17, 15) is 14.0 Å². The van der Waals surface area contributed by atoms with Crippen molar-refractivity contribution in [2.45, 2.75) is 12.8 Å². The molecule has 0 unspecified atom stereocenters. The predicted molar refractivity (Wildman–Crippen MR) is 78.7 cm³/mol. The Morgan fingerprint density at radius 3 is 2.36 bits per heavy atom. The zero-order valence-corrected chi connectivity index (χ0v) is 12.4. The second-order valence-electron chi connectivity index (χ2n) is 4.40. The molecule has 0 heterocycles. The predicted octanol–water partition coefficient (Wildman–Crippen LogP) is 3.71. The van der Waals surface area contributed by atoms with Crippen LogP contribution in [0.25, 0.3) is 0 Å². The Labute approximate surface area is 131 Å². The van der Waals surface area contributed by atoms with E-state index in [0.29, 0.717) is 5.88 Å². The van der Waals surface area contributed by atoms with E-state index in [1.165, 1.54) is 13.0 Å². The Bertz CT molecular complexity index is 698. The average molecular weight is 323 g/mol. The molecule has 0 bridgehead atoms. The summed E-state index contributed by atoms with van der Waals surface area (Å²) in [7, 11) is 0. The summed E-state index contributed by atoms with van der Waals surface area (Å²) in [4.78, 5) is 23.1. The lowest BCUT2D eigenvalue weighted by Gasteiger charge is -2.09. The van der Waals surface area contributed by atoms with Crippen LogP contribution in [-0.4, -0.2) is 11.9 Å². The molecule has 0 saturated heterocycles. The van der Waals surface area contributed by atoms with Gasteiger partial charge in [0, 0.05) is 12.8 Å².